The molecule has 0 unspecified atom stereocenters. The molecule has 2 amide bonds. The molecule has 0 saturated carbocycles. The molecule has 1 aromatic rings. The zero-order valence-corrected chi connectivity index (χ0v) is 11.7. The van der Waals surface area contributed by atoms with Crippen LogP contribution >= 0.6 is 0 Å². The van der Waals surface area contributed by atoms with Crippen molar-refractivity contribution in [3.63, 3.8) is 0 Å². The van der Waals surface area contributed by atoms with Gasteiger partial charge in [0.1, 0.15) is 0 Å². The maximum absolute atomic E-state index is 12.0. The summed E-state index contributed by atoms with van der Waals surface area (Å²) in [6, 6.07) is 3.55. The van der Waals surface area contributed by atoms with Crippen LogP contribution in [-0.4, -0.2) is 40.1 Å². The Labute approximate surface area is 117 Å². The van der Waals surface area contributed by atoms with Gasteiger partial charge in [0, 0.05) is 19.3 Å². The lowest BCUT2D eigenvalue weighted by atomic mass is 9.99. The molecule has 2 atom stereocenters. The van der Waals surface area contributed by atoms with Crippen LogP contribution in [0.25, 0.3) is 0 Å². The quantitative estimate of drug-likeness (QED) is 0.871. The van der Waals surface area contributed by atoms with Crippen LogP contribution in [0.1, 0.15) is 18.2 Å². The van der Waals surface area contributed by atoms with E-state index < -0.39 is 11.9 Å². The number of hydrogen-bond donors (Lipinski definition) is 2. The molecule has 20 heavy (non-hydrogen) atoms. The lowest BCUT2D eigenvalue weighted by molar-refractivity contribution is -0.142. The number of aromatic nitrogens is 1. The number of rotatable bonds is 3. The van der Waals surface area contributed by atoms with E-state index in [-0.39, 0.29) is 18.5 Å². The van der Waals surface area contributed by atoms with Gasteiger partial charge in [0.15, 0.2) is 0 Å². The SMILES string of the molecule is Cc1cccnc1CNC(=O)N1C[C@@H](C)[C@H](C(=O)O)C1. The summed E-state index contributed by atoms with van der Waals surface area (Å²) < 4.78 is 0. The predicted octanol–water partition coefficient (Wildman–Crippen LogP) is 1.25. The molecule has 0 spiro atoms. The minimum atomic E-state index is -0.839. The van der Waals surface area contributed by atoms with Crippen LogP contribution in [0.5, 0.6) is 0 Å². The maximum atomic E-state index is 12.0. The van der Waals surface area contributed by atoms with Gasteiger partial charge in [-0.15, -0.1) is 0 Å². The highest BCUT2D eigenvalue weighted by atomic mass is 16.4. The molecule has 108 valence electrons. The Hall–Kier alpha value is -2.11. The van der Waals surface area contributed by atoms with Gasteiger partial charge in [-0.2, -0.15) is 0 Å². The second-order valence-corrected chi connectivity index (χ2v) is 5.25. The van der Waals surface area contributed by atoms with Crippen LogP contribution in [0.3, 0.4) is 0 Å². The van der Waals surface area contributed by atoms with Crippen molar-refractivity contribution in [2.75, 3.05) is 13.1 Å². The number of likely N-dealkylation sites (tertiary alicyclic amines) is 1. The first-order chi connectivity index (χ1) is 9.49. The van der Waals surface area contributed by atoms with E-state index in [2.05, 4.69) is 10.3 Å². The summed E-state index contributed by atoms with van der Waals surface area (Å²) in [5.74, 6) is -1.33. The van der Waals surface area contributed by atoms with Crippen molar-refractivity contribution in [2.24, 2.45) is 11.8 Å². The third-order valence-electron chi connectivity index (χ3n) is 3.74. The normalized spacial score (nSPS) is 21.8. The minimum Gasteiger partial charge on any atom is -0.481 e. The highest BCUT2D eigenvalue weighted by Gasteiger charge is 2.36. The average Bonchev–Trinajstić information content (AvgIpc) is 2.80. The number of urea groups is 1. The fourth-order valence-corrected chi connectivity index (χ4v) is 2.43. The molecule has 2 rings (SSSR count). The van der Waals surface area contributed by atoms with Crippen molar-refractivity contribution in [3.8, 4) is 0 Å². The zero-order chi connectivity index (χ0) is 14.7. The Bertz CT molecular complexity index is 518. The molecule has 0 bridgehead atoms. The van der Waals surface area contributed by atoms with E-state index in [1.165, 1.54) is 0 Å². The predicted molar refractivity (Wildman–Crippen MR) is 73.1 cm³/mol. The number of aliphatic carboxylic acids is 1. The Balaban J connectivity index is 1.90. The van der Waals surface area contributed by atoms with E-state index in [0.717, 1.165) is 11.3 Å². The van der Waals surface area contributed by atoms with Gasteiger partial charge in [-0.25, -0.2) is 4.79 Å². The van der Waals surface area contributed by atoms with Gasteiger partial charge in [-0.3, -0.25) is 9.78 Å². The average molecular weight is 277 g/mol. The summed E-state index contributed by atoms with van der Waals surface area (Å²) in [6.07, 6.45) is 1.69. The number of hydrogen-bond acceptors (Lipinski definition) is 3. The van der Waals surface area contributed by atoms with Gasteiger partial charge >= 0.3 is 12.0 Å². The molecular formula is C14H19N3O3. The van der Waals surface area contributed by atoms with Gasteiger partial charge in [-0.1, -0.05) is 13.0 Å². The summed E-state index contributed by atoms with van der Waals surface area (Å²) in [7, 11) is 0. The van der Waals surface area contributed by atoms with E-state index in [4.69, 9.17) is 5.11 Å². The smallest absolute Gasteiger partial charge is 0.317 e. The summed E-state index contributed by atoms with van der Waals surface area (Å²) in [6.45, 7) is 4.89. The second-order valence-electron chi connectivity index (χ2n) is 5.25. The Morgan fingerprint density at radius 2 is 2.25 bits per heavy atom. The Kier molecular flexibility index (Phi) is 4.22. The standard InChI is InChI=1S/C14H19N3O3/c1-9-4-3-5-15-12(9)6-16-14(20)17-7-10(2)11(8-17)13(18)19/h3-5,10-11H,6-8H2,1-2H3,(H,16,20)(H,18,19)/t10-,11-/m1/s1. The third-order valence-corrected chi connectivity index (χ3v) is 3.74. The second kappa shape index (κ2) is 5.90. The molecule has 6 heteroatoms. The summed E-state index contributed by atoms with van der Waals surface area (Å²) in [5.41, 5.74) is 1.84. The van der Waals surface area contributed by atoms with Crippen LogP contribution in [0, 0.1) is 18.8 Å². The molecule has 0 radical (unpaired) electrons. The largest absolute Gasteiger partial charge is 0.481 e. The Morgan fingerprint density at radius 1 is 1.50 bits per heavy atom. The topological polar surface area (TPSA) is 82.5 Å². The zero-order valence-electron chi connectivity index (χ0n) is 11.7. The number of carboxylic acid groups (broad SMARTS) is 1. The summed E-state index contributed by atoms with van der Waals surface area (Å²) >= 11 is 0. The highest BCUT2D eigenvalue weighted by molar-refractivity contribution is 5.77. The van der Waals surface area contributed by atoms with Crippen LogP contribution < -0.4 is 5.32 Å². The molecule has 0 aromatic carbocycles. The molecule has 1 aliphatic heterocycles. The number of nitrogens with zero attached hydrogens (tertiary/aromatic N) is 2. The van der Waals surface area contributed by atoms with Crippen molar-refractivity contribution in [1.82, 2.24) is 15.2 Å². The first-order valence-electron chi connectivity index (χ1n) is 6.65. The fraction of sp³-hybridized carbons (Fsp3) is 0.500. The van der Waals surface area contributed by atoms with Crippen molar-refractivity contribution in [1.29, 1.82) is 0 Å². The number of amides is 2. The molecule has 2 heterocycles. The van der Waals surface area contributed by atoms with E-state index in [9.17, 15) is 9.59 Å². The molecule has 1 saturated heterocycles. The van der Waals surface area contributed by atoms with Crippen LogP contribution in [0.4, 0.5) is 4.79 Å². The van der Waals surface area contributed by atoms with Gasteiger partial charge in [0.2, 0.25) is 0 Å². The van der Waals surface area contributed by atoms with Crippen molar-refractivity contribution < 1.29 is 14.7 Å². The number of nitrogens with one attached hydrogen (secondary N) is 1. The molecular weight excluding hydrogens is 258 g/mol. The van der Waals surface area contributed by atoms with Crippen molar-refractivity contribution in [3.05, 3.63) is 29.6 Å². The van der Waals surface area contributed by atoms with Gasteiger partial charge < -0.3 is 15.3 Å². The lowest BCUT2D eigenvalue weighted by Crippen LogP contribution is -2.38. The maximum Gasteiger partial charge on any atom is 0.317 e. The highest BCUT2D eigenvalue weighted by Crippen LogP contribution is 2.23. The van der Waals surface area contributed by atoms with E-state index in [1.54, 1.807) is 11.1 Å². The number of carbonyl (C=O) groups is 2. The first-order valence-corrected chi connectivity index (χ1v) is 6.65. The van der Waals surface area contributed by atoms with Gasteiger partial charge in [-0.05, 0) is 24.5 Å². The minimum absolute atomic E-state index is 0.0187. The first kappa shape index (κ1) is 14.3. The molecule has 1 aromatic heterocycles. The molecule has 0 aliphatic carbocycles. The molecule has 6 nitrogen and oxygen atoms in total. The third kappa shape index (κ3) is 3.07. The van der Waals surface area contributed by atoms with E-state index in [1.807, 2.05) is 26.0 Å². The van der Waals surface area contributed by atoms with Crippen molar-refractivity contribution >= 4 is 12.0 Å². The lowest BCUT2D eigenvalue weighted by Gasteiger charge is -2.17. The fourth-order valence-electron chi connectivity index (χ4n) is 2.43. The monoisotopic (exact) mass is 277 g/mol. The summed E-state index contributed by atoms with van der Waals surface area (Å²) in [4.78, 5) is 28.8. The number of aryl methyl sites for hydroxylation is 1. The van der Waals surface area contributed by atoms with Crippen LogP contribution in [0.2, 0.25) is 0 Å². The van der Waals surface area contributed by atoms with E-state index in [0.29, 0.717) is 13.1 Å². The number of carbonyl (C=O) groups excluding carboxylic acids is 1. The number of carboxylic acids is 1. The van der Waals surface area contributed by atoms with Gasteiger partial charge in [0.05, 0.1) is 18.2 Å². The number of pyridine rings is 1. The molecule has 2 N–H and O–H groups in total. The van der Waals surface area contributed by atoms with Crippen LogP contribution in [0.15, 0.2) is 18.3 Å². The van der Waals surface area contributed by atoms with Crippen LogP contribution in [-0.2, 0) is 11.3 Å². The van der Waals surface area contributed by atoms with Crippen molar-refractivity contribution in [2.45, 2.75) is 20.4 Å². The molecule has 1 fully saturated rings. The Morgan fingerprint density at radius 3 is 2.85 bits per heavy atom. The van der Waals surface area contributed by atoms with E-state index >= 15 is 0 Å². The summed E-state index contributed by atoms with van der Waals surface area (Å²) in [5, 5.41) is 11.9. The molecule has 1 aliphatic rings. The van der Waals surface area contributed by atoms with Gasteiger partial charge in [0.25, 0.3) is 0 Å².